The van der Waals surface area contributed by atoms with Crippen molar-refractivity contribution in [3.63, 3.8) is 0 Å². The molecule has 3 aliphatic heterocycles. The Hall–Kier alpha value is -9.61. The van der Waals surface area contributed by atoms with Crippen molar-refractivity contribution in [3.05, 3.63) is 177 Å². The van der Waals surface area contributed by atoms with Gasteiger partial charge in [0.25, 0.3) is 16.7 Å². The fourth-order valence-electron chi connectivity index (χ4n) is 12.2. The van der Waals surface area contributed by atoms with Crippen LogP contribution < -0.4 is 31.5 Å². The monoisotopic (exact) mass is 1400 g/mol. The predicted octanol–water partition coefficient (Wildman–Crippen LogP) is 15.0. The number of aliphatic hydroxyl groups excluding tert-OH is 1. The van der Waals surface area contributed by atoms with E-state index in [1.807, 2.05) is 72.1 Å². The zero-order chi connectivity index (χ0) is 73.3. The highest BCUT2D eigenvalue weighted by molar-refractivity contribution is 5.97. The van der Waals surface area contributed by atoms with Crippen molar-refractivity contribution in [2.75, 3.05) is 39.3 Å². The average Bonchev–Trinajstić information content (AvgIpc) is 0.784. The van der Waals surface area contributed by atoms with Crippen molar-refractivity contribution >= 4 is 44.5 Å². The van der Waals surface area contributed by atoms with Crippen LogP contribution in [0.25, 0.3) is 65.7 Å². The summed E-state index contributed by atoms with van der Waals surface area (Å²) in [6, 6.07) is 19.6. The molecule has 9 heterocycles. The van der Waals surface area contributed by atoms with Gasteiger partial charge in [-0.2, -0.15) is 0 Å². The maximum absolute atomic E-state index is 15.2. The number of nitrogens with one attached hydrogen (secondary N) is 1. The highest BCUT2D eigenvalue weighted by Crippen LogP contribution is 2.35. The molecule has 9 aromatic rings. The number of hydrogen-bond acceptors (Lipinski definition) is 15. The van der Waals surface area contributed by atoms with E-state index in [1.54, 1.807) is 97.2 Å². The number of rotatable bonds is 16. The fraction of sp³-hybridized carbons (Fsp3) is 0.443. The van der Waals surface area contributed by atoms with Gasteiger partial charge in [0, 0.05) is 131 Å². The summed E-state index contributed by atoms with van der Waals surface area (Å²) >= 11 is 0. The molecule has 0 radical (unpaired) electrons. The molecule has 102 heavy (non-hydrogen) atoms. The zero-order valence-corrected chi connectivity index (χ0v) is 60.0. The van der Waals surface area contributed by atoms with Gasteiger partial charge in [0.05, 0.1) is 22.3 Å². The second kappa shape index (κ2) is 35.3. The molecule has 3 fully saturated rings. The van der Waals surface area contributed by atoms with Crippen LogP contribution in [0.4, 0.5) is 22.8 Å². The van der Waals surface area contributed by atoms with Crippen molar-refractivity contribution in [1.29, 1.82) is 0 Å². The third-order valence-electron chi connectivity index (χ3n) is 17.7. The van der Waals surface area contributed by atoms with Crippen LogP contribution in [0.3, 0.4) is 0 Å². The third-order valence-corrected chi connectivity index (χ3v) is 17.7. The number of carbonyl (C=O) groups excluding carboxylic acids is 2. The number of likely N-dealkylation sites (tertiary alicyclic amines) is 2. The van der Waals surface area contributed by atoms with Crippen LogP contribution in [0.15, 0.2) is 143 Å². The number of benzene rings is 3. The van der Waals surface area contributed by atoms with Crippen LogP contribution >= 0.6 is 0 Å². The van der Waals surface area contributed by atoms with E-state index in [0.29, 0.717) is 98.8 Å². The van der Waals surface area contributed by atoms with E-state index in [-0.39, 0.29) is 70.2 Å². The second-order valence-corrected chi connectivity index (χ2v) is 28.0. The first-order valence-electron chi connectivity index (χ1n) is 35.5. The van der Waals surface area contributed by atoms with Gasteiger partial charge in [0.2, 0.25) is 0 Å². The highest BCUT2D eigenvalue weighted by atomic mass is 19.1. The summed E-state index contributed by atoms with van der Waals surface area (Å²) in [5.74, 6) is -1.45. The Balaban J connectivity index is 0.000000166. The molecule has 3 saturated heterocycles. The number of phenols is 1. The van der Waals surface area contributed by atoms with Gasteiger partial charge in [-0.05, 0) is 187 Å². The van der Waals surface area contributed by atoms with Crippen LogP contribution in [0.2, 0.25) is 0 Å². The number of pyridine rings is 6. The molecule has 3 aliphatic rings. The molecule has 0 spiro atoms. The minimum atomic E-state index is -0.684. The molecular weight excluding hydrogens is 1310 g/mol. The van der Waals surface area contributed by atoms with E-state index in [4.69, 9.17) is 18.9 Å². The lowest BCUT2D eigenvalue weighted by atomic mass is 10.0. The van der Waals surface area contributed by atoms with Crippen molar-refractivity contribution in [2.24, 2.45) is 0 Å². The average molecular weight is 1400 g/mol. The normalized spacial score (nSPS) is 14.6. The summed E-state index contributed by atoms with van der Waals surface area (Å²) in [6.45, 7) is 23.1. The lowest BCUT2D eigenvalue weighted by Crippen LogP contribution is -2.44. The number of fused-ring (bicyclic) bond motifs is 3. The lowest BCUT2D eigenvalue weighted by Gasteiger charge is -2.33. The van der Waals surface area contributed by atoms with Gasteiger partial charge in [-0.1, -0.05) is 58.2 Å². The summed E-state index contributed by atoms with van der Waals surface area (Å²) in [4.78, 5) is 77.6. The summed E-state index contributed by atoms with van der Waals surface area (Å²) in [6.07, 6.45) is 23.8. The van der Waals surface area contributed by atoms with E-state index < -0.39 is 22.8 Å². The lowest BCUT2D eigenvalue weighted by molar-refractivity contribution is 0.00955. The maximum atomic E-state index is 15.2. The molecule has 544 valence electrons. The molecule has 3 aromatic carbocycles. The minimum absolute atomic E-state index is 0.0412. The Labute approximate surface area is 593 Å². The van der Waals surface area contributed by atoms with E-state index in [1.165, 1.54) is 24.3 Å². The number of aromatic nitrogens is 6. The SMILES string of the molecule is CC(C)(C)OC(=O)N1CCC(O)CC1.CCCCn1cc(-c2ccc(O)c(F)c2)c2ccncc2c1=O.CCCCn1cc(-c2ccc(OC3CCN(C(=O)OC(C)(C)C)CC3)c(F)c2)c2ccncc2c1=O.CCCCn1cc(-c2ccc(OC3CCNCC3)c(F)c2)c2ccncc2c1=O. The minimum Gasteiger partial charge on any atom is -0.505 e. The van der Waals surface area contributed by atoms with Crippen molar-refractivity contribution < 1.29 is 51.9 Å². The van der Waals surface area contributed by atoms with Crippen LogP contribution in [0.1, 0.15) is 139 Å². The molecule has 12 rings (SSSR count). The van der Waals surface area contributed by atoms with Crippen LogP contribution in [-0.4, -0.2) is 130 Å². The molecule has 3 N–H and O–H groups in total. The van der Waals surface area contributed by atoms with Gasteiger partial charge in [-0.3, -0.25) is 29.3 Å². The molecule has 6 aromatic heterocycles. The number of carbonyl (C=O) groups is 2. The Bertz CT molecular complexity index is 4530. The van der Waals surface area contributed by atoms with Gasteiger partial charge < -0.3 is 58.0 Å². The van der Waals surface area contributed by atoms with Crippen molar-refractivity contribution in [1.82, 2.24) is 43.8 Å². The molecule has 0 unspecified atom stereocenters. The summed E-state index contributed by atoms with van der Waals surface area (Å²) in [5.41, 5.74) is 3.13. The van der Waals surface area contributed by atoms with Gasteiger partial charge >= 0.3 is 12.2 Å². The van der Waals surface area contributed by atoms with E-state index in [2.05, 4.69) is 41.0 Å². The third kappa shape index (κ3) is 20.4. The fourth-order valence-corrected chi connectivity index (χ4v) is 12.2. The van der Waals surface area contributed by atoms with Crippen molar-refractivity contribution in [2.45, 2.75) is 189 Å². The first-order chi connectivity index (χ1) is 48.8. The first-order valence-corrected chi connectivity index (χ1v) is 35.5. The number of unbranched alkanes of at least 4 members (excludes halogenated alkanes) is 3. The standard InChI is InChI=1S/C28H34FN3O4.C23H26FN3O2.C18H17FN2O2.C10H19NO3/c1-5-6-13-32-18-23(21-9-12-30-17-22(21)26(32)33)19-7-8-25(24(29)16-19)35-20-10-14-31(15-11-20)27(34)36-28(2,3)4;1-2-3-12-27-15-20(18-8-11-26-14-19(18)23(27)28)16-4-5-22(21(24)13-16)29-17-6-9-25-10-7-17;1-2-3-8-21-11-15(12-4-5-17(22)16(19)9-12)13-6-7-20-10-14(13)18(21)23;1-10(2,3)14-9(13)11-6-4-8(12)5-7-11/h7-9,12,16-18,20H,5-6,10-11,13-15H2,1-4H3;4-5,8,11,13-15,17,25H,2-3,6-7,9-10,12H2,1H3;4-7,9-11,22H,2-3,8H2,1H3;8,12H,4-7H2,1-3H3. The Kier molecular flexibility index (Phi) is 26.5. The molecule has 0 aliphatic carbocycles. The van der Waals surface area contributed by atoms with Gasteiger partial charge in [-0.15, -0.1) is 0 Å². The summed E-state index contributed by atoms with van der Waals surface area (Å²) in [5, 5.41) is 25.7. The molecule has 0 saturated carbocycles. The van der Waals surface area contributed by atoms with Gasteiger partial charge in [0.15, 0.2) is 34.7 Å². The van der Waals surface area contributed by atoms with Gasteiger partial charge in [-0.25, -0.2) is 22.8 Å². The number of hydrogen-bond donors (Lipinski definition) is 3. The molecule has 0 bridgehead atoms. The predicted molar refractivity (Wildman–Crippen MR) is 392 cm³/mol. The quantitative estimate of drug-likeness (QED) is 0.0816. The maximum Gasteiger partial charge on any atom is 0.410 e. The van der Waals surface area contributed by atoms with Crippen LogP contribution in [0.5, 0.6) is 17.2 Å². The smallest absolute Gasteiger partial charge is 0.410 e. The highest BCUT2D eigenvalue weighted by Gasteiger charge is 2.30. The Morgan fingerprint density at radius 3 is 1.18 bits per heavy atom. The Morgan fingerprint density at radius 2 is 0.833 bits per heavy atom. The van der Waals surface area contributed by atoms with Crippen LogP contribution in [-0.2, 0) is 29.1 Å². The topological polar surface area (TPSA) is 235 Å². The number of piperidine rings is 3. The molecule has 2 amide bonds. The molecular formula is C79H96F3N9O11. The number of aromatic hydroxyl groups is 1. The number of phenolic OH excluding ortho intramolecular Hbond substituents is 1. The van der Waals surface area contributed by atoms with Crippen LogP contribution in [0, 0.1) is 17.5 Å². The number of amides is 2. The largest absolute Gasteiger partial charge is 0.505 e. The molecule has 0 atom stereocenters. The van der Waals surface area contributed by atoms with Gasteiger partial charge in [0.1, 0.15) is 23.4 Å². The summed E-state index contributed by atoms with van der Waals surface area (Å²) < 4.78 is 71.3. The summed E-state index contributed by atoms with van der Waals surface area (Å²) in [7, 11) is 0. The number of halogens is 3. The number of aryl methyl sites for hydroxylation is 3. The first kappa shape index (κ1) is 76.6. The molecule has 23 heteroatoms. The van der Waals surface area contributed by atoms with E-state index >= 15 is 4.39 Å². The molecule has 20 nitrogen and oxygen atoms in total. The van der Waals surface area contributed by atoms with Crippen molar-refractivity contribution in [3.8, 4) is 50.6 Å². The Morgan fingerprint density at radius 1 is 0.490 bits per heavy atom. The van der Waals surface area contributed by atoms with E-state index in [9.17, 15) is 43.0 Å². The zero-order valence-electron chi connectivity index (χ0n) is 60.0. The van der Waals surface area contributed by atoms with E-state index in [0.717, 1.165) is 103 Å². The number of nitrogens with zero attached hydrogens (tertiary/aromatic N) is 8. The number of ether oxygens (including phenoxy) is 4. The second-order valence-electron chi connectivity index (χ2n) is 28.0. The number of aliphatic hydroxyl groups is 1.